The third kappa shape index (κ3) is 1.10. The fraction of sp³-hybridized carbons (Fsp3) is 0.333. The maximum atomic E-state index is 9.98. The molecule has 0 bridgehead atoms. The van der Waals surface area contributed by atoms with Gasteiger partial charge in [0.05, 0.1) is 0 Å². The van der Waals surface area contributed by atoms with Crippen LogP contribution in [0.4, 0.5) is 0 Å². The minimum atomic E-state index is -0.0331. The van der Waals surface area contributed by atoms with E-state index in [1.54, 1.807) is 0 Å². The van der Waals surface area contributed by atoms with Crippen molar-refractivity contribution in [1.82, 2.24) is 4.57 Å². The van der Waals surface area contributed by atoms with Gasteiger partial charge in [0.2, 0.25) is 0 Å². The first kappa shape index (κ1) is 5.38. The van der Waals surface area contributed by atoms with Gasteiger partial charge in [-0.15, -0.1) is 0 Å². The molecule has 1 rings (SSSR count). The molecule has 2 nitrogen and oxygen atoms in total. The molecule has 0 unspecified atom stereocenters. The summed E-state index contributed by atoms with van der Waals surface area (Å²) in [5.74, 6) is 0. The van der Waals surface area contributed by atoms with Gasteiger partial charge in [0.15, 0.2) is 0 Å². The Kier molecular flexibility index (Phi) is 1.70. The van der Waals surface area contributed by atoms with Crippen LogP contribution in [0.1, 0.15) is 0 Å². The number of hydrogen-bond acceptors (Lipinski definition) is 0. The van der Waals surface area contributed by atoms with Gasteiger partial charge in [-0.3, -0.25) is 0 Å². The Morgan fingerprint density at radius 1 is 1.25 bits per heavy atom. The van der Waals surface area contributed by atoms with E-state index in [0.29, 0.717) is 6.54 Å². The van der Waals surface area contributed by atoms with Crippen molar-refractivity contribution in [2.75, 3.05) is 6.61 Å². The van der Waals surface area contributed by atoms with Crippen LogP contribution in [0.15, 0.2) is 24.5 Å². The smallest absolute Gasteiger partial charge is 0.100 e. The van der Waals surface area contributed by atoms with Crippen LogP contribution in [0.5, 0.6) is 0 Å². The molecular formula is C6H8NO. The highest BCUT2D eigenvalue weighted by atomic mass is 16.3. The zero-order valence-electron chi connectivity index (χ0n) is 4.58. The van der Waals surface area contributed by atoms with Gasteiger partial charge in [-0.1, -0.05) is 0 Å². The summed E-state index contributed by atoms with van der Waals surface area (Å²) in [6.07, 6.45) is 3.77. The van der Waals surface area contributed by atoms with Crippen molar-refractivity contribution in [1.29, 1.82) is 0 Å². The average Bonchev–Trinajstić information content (AvgIpc) is 2.19. The monoisotopic (exact) mass is 110 g/mol. The number of hydrogen-bond donors (Lipinski definition) is 0. The molecule has 2 heteroatoms. The van der Waals surface area contributed by atoms with E-state index in [1.807, 2.05) is 29.1 Å². The lowest BCUT2D eigenvalue weighted by molar-refractivity contribution is 0.181. The Hall–Kier alpha value is -0.760. The zero-order chi connectivity index (χ0) is 5.82. The predicted molar refractivity (Wildman–Crippen MR) is 30.0 cm³/mol. The van der Waals surface area contributed by atoms with E-state index in [-0.39, 0.29) is 6.61 Å². The fourth-order valence-corrected chi connectivity index (χ4v) is 0.625. The Bertz CT molecular complexity index is 134. The molecule has 0 amide bonds. The first-order valence-corrected chi connectivity index (χ1v) is 2.62. The predicted octanol–water partition coefficient (Wildman–Crippen LogP) is 0.919. The Balaban J connectivity index is 2.50. The molecule has 0 atom stereocenters. The lowest BCUT2D eigenvalue weighted by Crippen LogP contribution is -1.96. The highest BCUT2D eigenvalue weighted by Gasteiger charge is 1.82. The van der Waals surface area contributed by atoms with Crippen LogP contribution in [0.2, 0.25) is 0 Å². The summed E-state index contributed by atoms with van der Waals surface area (Å²) in [7, 11) is 0. The van der Waals surface area contributed by atoms with Crippen LogP contribution < -0.4 is 0 Å². The number of rotatable bonds is 2. The van der Waals surface area contributed by atoms with Crippen molar-refractivity contribution in [3.8, 4) is 0 Å². The summed E-state index contributed by atoms with van der Waals surface area (Å²) >= 11 is 0. The van der Waals surface area contributed by atoms with Crippen molar-refractivity contribution in [2.45, 2.75) is 6.54 Å². The largest absolute Gasteiger partial charge is 0.352 e. The second-order valence-corrected chi connectivity index (χ2v) is 1.62. The van der Waals surface area contributed by atoms with Crippen LogP contribution in [0.3, 0.4) is 0 Å². The lowest BCUT2D eigenvalue weighted by Gasteiger charge is -1.93. The molecule has 0 N–H and O–H groups in total. The normalized spacial score (nSPS) is 9.62. The van der Waals surface area contributed by atoms with Crippen LogP contribution in [0, 0.1) is 0 Å². The summed E-state index contributed by atoms with van der Waals surface area (Å²) in [4.78, 5) is 0. The topological polar surface area (TPSA) is 24.8 Å². The van der Waals surface area contributed by atoms with Crippen LogP contribution >= 0.6 is 0 Å². The van der Waals surface area contributed by atoms with Crippen molar-refractivity contribution in [2.24, 2.45) is 0 Å². The van der Waals surface area contributed by atoms with Gasteiger partial charge < -0.3 is 4.57 Å². The Morgan fingerprint density at radius 3 is 2.38 bits per heavy atom. The van der Waals surface area contributed by atoms with E-state index in [0.717, 1.165) is 0 Å². The molecule has 0 spiro atoms. The third-order valence-electron chi connectivity index (χ3n) is 1.02. The Morgan fingerprint density at radius 2 is 1.88 bits per heavy atom. The zero-order valence-corrected chi connectivity index (χ0v) is 4.58. The fourth-order valence-electron chi connectivity index (χ4n) is 0.625. The minimum Gasteiger partial charge on any atom is -0.352 e. The molecule has 0 aliphatic rings. The molecular weight excluding hydrogens is 102 g/mol. The van der Waals surface area contributed by atoms with Crippen molar-refractivity contribution >= 4 is 0 Å². The quantitative estimate of drug-likeness (QED) is 0.540. The maximum Gasteiger partial charge on any atom is 0.100 e. The molecule has 1 radical (unpaired) electrons. The molecule has 0 aliphatic carbocycles. The summed E-state index contributed by atoms with van der Waals surface area (Å²) in [6.45, 7) is 0.557. The summed E-state index contributed by atoms with van der Waals surface area (Å²) in [5.41, 5.74) is 0. The molecule has 43 valence electrons. The van der Waals surface area contributed by atoms with Gasteiger partial charge in [0.1, 0.15) is 6.61 Å². The first-order valence-electron chi connectivity index (χ1n) is 2.62. The van der Waals surface area contributed by atoms with Gasteiger partial charge in [-0.2, -0.15) is 0 Å². The summed E-state index contributed by atoms with van der Waals surface area (Å²) in [5, 5.41) is 9.98. The molecule has 0 aromatic carbocycles. The van der Waals surface area contributed by atoms with Gasteiger partial charge >= 0.3 is 0 Å². The minimum absolute atomic E-state index is 0.0331. The first-order chi connectivity index (χ1) is 3.93. The molecule has 1 heterocycles. The van der Waals surface area contributed by atoms with E-state index in [2.05, 4.69) is 0 Å². The summed E-state index contributed by atoms with van der Waals surface area (Å²) < 4.78 is 1.87. The SMILES string of the molecule is [O]CCn1cccc1. The lowest BCUT2D eigenvalue weighted by atomic mass is 10.7. The standard InChI is InChI=1S/C6H8NO/c8-6-5-7-3-1-2-4-7/h1-4H,5-6H2. The van der Waals surface area contributed by atoms with Crippen molar-refractivity contribution < 1.29 is 5.11 Å². The van der Waals surface area contributed by atoms with Gasteiger partial charge in [-0.25, -0.2) is 5.11 Å². The number of nitrogens with zero attached hydrogens (tertiary/aromatic N) is 1. The van der Waals surface area contributed by atoms with E-state index in [9.17, 15) is 5.11 Å². The molecule has 1 aromatic heterocycles. The molecule has 0 aliphatic heterocycles. The molecule has 0 fully saturated rings. The van der Waals surface area contributed by atoms with E-state index >= 15 is 0 Å². The second kappa shape index (κ2) is 2.52. The maximum absolute atomic E-state index is 9.98. The van der Waals surface area contributed by atoms with Crippen LogP contribution in [0.25, 0.3) is 0 Å². The van der Waals surface area contributed by atoms with Gasteiger partial charge in [0.25, 0.3) is 0 Å². The molecule has 0 saturated carbocycles. The van der Waals surface area contributed by atoms with E-state index in [1.165, 1.54) is 0 Å². The Labute approximate surface area is 48.4 Å². The molecule has 8 heavy (non-hydrogen) atoms. The van der Waals surface area contributed by atoms with Gasteiger partial charge in [-0.05, 0) is 12.1 Å². The highest BCUT2D eigenvalue weighted by molar-refractivity contribution is 4.89. The average molecular weight is 110 g/mol. The summed E-state index contributed by atoms with van der Waals surface area (Å²) in [6, 6.07) is 3.82. The van der Waals surface area contributed by atoms with Crippen molar-refractivity contribution in [3.63, 3.8) is 0 Å². The second-order valence-electron chi connectivity index (χ2n) is 1.62. The van der Waals surface area contributed by atoms with Crippen molar-refractivity contribution in [3.05, 3.63) is 24.5 Å². The molecule has 0 saturated heterocycles. The highest BCUT2D eigenvalue weighted by Crippen LogP contribution is 1.87. The van der Waals surface area contributed by atoms with E-state index in [4.69, 9.17) is 0 Å². The van der Waals surface area contributed by atoms with Crippen LogP contribution in [-0.2, 0) is 11.7 Å². The molecule has 1 aromatic rings. The third-order valence-corrected chi connectivity index (χ3v) is 1.02. The van der Waals surface area contributed by atoms with Crippen LogP contribution in [-0.4, -0.2) is 11.2 Å². The van der Waals surface area contributed by atoms with Gasteiger partial charge in [0, 0.05) is 18.9 Å². The number of aromatic nitrogens is 1. The van der Waals surface area contributed by atoms with E-state index < -0.39 is 0 Å².